The van der Waals surface area contributed by atoms with Crippen LogP contribution in [0.15, 0.2) is 84.0 Å². The molecule has 0 unspecified atom stereocenters. The minimum absolute atomic E-state index is 0.0213. The Kier molecular flexibility index (Phi) is 8.81. The smallest absolute Gasteiger partial charge is 0.217 e. The maximum Gasteiger partial charge on any atom is 0.217 e. The molecule has 1 aromatic heterocycles. The number of aryl methyl sites for hydroxylation is 4. The van der Waals surface area contributed by atoms with Crippen LogP contribution in [-0.2, 0) is 33.0 Å². The molecule has 5 nitrogen and oxygen atoms in total. The van der Waals surface area contributed by atoms with Crippen LogP contribution in [0.4, 0.5) is 17.2 Å². The number of aromatic nitrogens is 1. The van der Waals surface area contributed by atoms with Gasteiger partial charge in [0, 0.05) is 46.2 Å². The van der Waals surface area contributed by atoms with Crippen molar-refractivity contribution in [2.75, 3.05) is 4.90 Å². The van der Waals surface area contributed by atoms with E-state index in [0.717, 1.165) is 57.4 Å². The molecule has 0 saturated heterocycles. The van der Waals surface area contributed by atoms with Crippen molar-refractivity contribution >= 4 is 23.1 Å². The molecule has 0 radical (unpaired) electrons. The van der Waals surface area contributed by atoms with E-state index in [1.54, 1.807) is 0 Å². The van der Waals surface area contributed by atoms with Crippen molar-refractivity contribution in [2.45, 2.75) is 145 Å². The fourth-order valence-electron chi connectivity index (χ4n) is 9.98. The van der Waals surface area contributed by atoms with Crippen LogP contribution in [0.2, 0.25) is 0 Å². The summed E-state index contributed by atoms with van der Waals surface area (Å²) in [4.78, 5) is 13.0. The standard InChI is InChI=1S/C53H63N3O2/c1-31-19-39(56-45-18-17-37(48(5,6)7)27-43(45)51(14,15)44-21-32(2)30-54-46(44)56)28-40(20-31)57-41-25-35(24-38(26-41)49(8,9)10)47-55-52(16)29-36-22-33(3)34(4)23-42(36)53(52,58-47)50(11,12)13/h17-28,30H,29H2,1-16H3/t52-,53-/m1/s1. The van der Waals surface area contributed by atoms with E-state index in [0.29, 0.717) is 5.90 Å². The van der Waals surface area contributed by atoms with Crippen molar-refractivity contribution in [1.29, 1.82) is 0 Å². The second kappa shape index (κ2) is 12.8. The van der Waals surface area contributed by atoms with Gasteiger partial charge >= 0.3 is 0 Å². The number of hydrogen-bond acceptors (Lipinski definition) is 5. The van der Waals surface area contributed by atoms with E-state index in [9.17, 15) is 0 Å². The Hall–Kier alpha value is -4.90. The van der Waals surface area contributed by atoms with Gasteiger partial charge in [-0.25, -0.2) is 9.98 Å². The van der Waals surface area contributed by atoms with E-state index < -0.39 is 11.1 Å². The Morgan fingerprint density at radius 1 is 0.655 bits per heavy atom. The first-order valence-electron chi connectivity index (χ1n) is 21.1. The van der Waals surface area contributed by atoms with Crippen LogP contribution < -0.4 is 9.64 Å². The minimum atomic E-state index is -0.608. The van der Waals surface area contributed by atoms with Gasteiger partial charge in [-0.1, -0.05) is 100 Å². The molecule has 58 heavy (non-hydrogen) atoms. The van der Waals surface area contributed by atoms with Crippen LogP contribution in [0.1, 0.15) is 144 Å². The lowest BCUT2D eigenvalue weighted by atomic mass is 9.65. The van der Waals surface area contributed by atoms with Crippen molar-refractivity contribution in [3.05, 3.63) is 140 Å². The number of nitrogens with zero attached hydrogens (tertiary/aromatic N) is 3. The molecule has 0 saturated carbocycles. The van der Waals surface area contributed by atoms with Crippen molar-refractivity contribution in [3.63, 3.8) is 0 Å². The second-order valence-electron chi connectivity index (χ2n) is 21.4. The van der Waals surface area contributed by atoms with E-state index in [1.807, 2.05) is 6.20 Å². The van der Waals surface area contributed by atoms with E-state index >= 15 is 0 Å². The van der Waals surface area contributed by atoms with Gasteiger partial charge in [0.1, 0.15) is 22.9 Å². The molecule has 3 aliphatic rings. The molecule has 0 amide bonds. The first-order valence-corrected chi connectivity index (χ1v) is 21.1. The van der Waals surface area contributed by atoms with Gasteiger partial charge in [0.2, 0.25) is 5.90 Å². The summed E-state index contributed by atoms with van der Waals surface area (Å²) in [6.07, 6.45) is 2.82. The molecule has 0 spiro atoms. The van der Waals surface area contributed by atoms with Gasteiger partial charge in [0.25, 0.3) is 0 Å². The van der Waals surface area contributed by atoms with Gasteiger partial charge in [-0.05, 0) is 132 Å². The highest BCUT2D eigenvalue weighted by atomic mass is 16.5. The Balaban J connectivity index is 1.23. The lowest BCUT2D eigenvalue weighted by Gasteiger charge is -2.46. The number of fused-ring (bicyclic) bond motifs is 5. The third kappa shape index (κ3) is 6.18. The Labute approximate surface area is 348 Å². The Morgan fingerprint density at radius 2 is 1.33 bits per heavy atom. The van der Waals surface area contributed by atoms with E-state index in [1.165, 1.54) is 38.9 Å². The van der Waals surface area contributed by atoms with Crippen molar-refractivity contribution < 1.29 is 9.47 Å². The van der Waals surface area contributed by atoms with Crippen molar-refractivity contribution in [2.24, 2.45) is 10.4 Å². The van der Waals surface area contributed by atoms with Gasteiger partial charge in [0.05, 0.1) is 11.4 Å². The lowest BCUT2D eigenvalue weighted by Crippen LogP contribution is -2.52. The van der Waals surface area contributed by atoms with Crippen molar-refractivity contribution in [1.82, 2.24) is 4.98 Å². The summed E-state index contributed by atoms with van der Waals surface area (Å²) < 4.78 is 14.3. The number of hydrogen-bond donors (Lipinski definition) is 0. The maximum absolute atomic E-state index is 7.34. The quantitative estimate of drug-likeness (QED) is 0.182. The molecular formula is C53H63N3O2. The molecule has 0 bridgehead atoms. The average molecular weight is 774 g/mol. The molecule has 0 N–H and O–H groups in total. The van der Waals surface area contributed by atoms with E-state index in [2.05, 4.69) is 188 Å². The Bertz CT molecular complexity index is 2540. The highest BCUT2D eigenvalue weighted by Crippen LogP contribution is 2.62. The minimum Gasteiger partial charge on any atom is -0.463 e. The molecule has 5 heteroatoms. The monoisotopic (exact) mass is 773 g/mol. The first kappa shape index (κ1) is 39.9. The van der Waals surface area contributed by atoms with E-state index in [4.69, 9.17) is 19.5 Å². The van der Waals surface area contributed by atoms with Crippen LogP contribution >= 0.6 is 0 Å². The summed E-state index contributed by atoms with van der Waals surface area (Å²) in [5.41, 5.74) is 13.9. The summed E-state index contributed by atoms with van der Waals surface area (Å²) in [7, 11) is 0. The van der Waals surface area contributed by atoms with Crippen LogP contribution in [0.5, 0.6) is 11.5 Å². The number of aliphatic imine (C=N–C) groups is 1. The lowest BCUT2D eigenvalue weighted by molar-refractivity contribution is -0.0724. The normalized spacial score (nSPS) is 20.8. The number of rotatable bonds is 4. The summed E-state index contributed by atoms with van der Waals surface area (Å²) in [6, 6.07) is 27.1. The molecule has 5 aromatic rings. The first-order chi connectivity index (χ1) is 26.8. The van der Waals surface area contributed by atoms with Crippen LogP contribution in [0.3, 0.4) is 0 Å². The summed E-state index contributed by atoms with van der Waals surface area (Å²) >= 11 is 0. The molecule has 8 rings (SSSR count). The Morgan fingerprint density at radius 3 is 2.00 bits per heavy atom. The molecule has 0 fully saturated rings. The molecule has 302 valence electrons. The van der Waals surface area contributed by atoms with Crippen molar-refractivity contribution in [3.8, 4) is 11.5 Å². The SMILES string of the molecule is Cc1cc(Oc2cc(C3=N[C@]4(C)Cc5cc(C)c(C)cc5[C@]4(C(C)(C)C)O3)cc(C(C)(C)C)c2)cc(N2c3ccc(C(C)(C)C)cc3C(C)(C)c3cc(C)cnc32)c1. The van der Waals surface area contributed by atoms with Gasteiger partial charge in [-0.15, -0.1) is 0 Å². The maximum atomic E-state index is 7.34. The summed E-state index contributed by atoms with van der Waals surface area (Å²) in [6.45, 7) is 36.1. The molecule has 3 heterocycles. The van der Waals surface area contributed by atoms with Gasteiger partial charge in [0.15, 0.2) is 5.60 Å². The zero-order chi connectivity index (χ0) is 42.1. The predicted octanol–water partition coefficient (Wildman–Crippen LogP) is 13.8. The predicted molar refractivity (Wildman–Crippen MR) is 241 cm³/mol. The van der Waals surface area contributed by atoms with Crippen LogP contribution in [-0.4, -0.2) is 16.4 Å². The van der Waals surface area contributed by atoms with Gasteiger partial charge in [-0.3, -0.25) is 4.90 Å². The molecule has 2 atom stereocenters. The van der Waals surface area contributed by atoms with Crippen LogP contribution in [0, 0.1) is 33.1 Å². The third-order valence-corrected chi connectivity index (χ3v) is 13.3. The number of pyridine rings is 1. The fourth-order valence-corrected chi connectivity index (χ4v) is 9.98. The van der Waals surface area contributed by atoms with E-state index in [-0.39, 0.29) is 21.7 Å². The molecular weight excluding hydrogens is 711 g/mol. The fraction of sp³-hybridized carbons (Fsp3) is 0.434. The largest absolute Gasteiger partial charge is 0.463 e. The molecule has 2 aliphatic heterocycles. The topological polar surface area (TPSA) is 47.0 Å². The summed E-state index contributed by atoms with van der Waals surface area (Å²) in [5.74, 6) is 3.16. The highest BCUT2D eigenvalue weighted by Gasteiger charge is 2.67. The molecule has 1 aliphatic carbocycles. The number of benzene rings is 4. The second-order valence-corrected chi connectivity index (χ2v) is 21.4. The van der Waals surface area contributed by atoms with Gasteiger partial charge < -0.3 is 9.47 Å². The van der Waals surface area contributed by atoms with Gasteiger partial charge in [-0.2, -0.15) is 0 Å². The average Bonchev–Trinajstić information content (AvgIpc) is 3.54. The zero-order valence-corrected chi connectivity index (χ0v) is 37.9. The summed E-state index contributed by atoms with van der Waals surface area (Å²) in [5, 5.41) is 0. The number of ether oxygens (including phenoxy) is 2. The number of anilines is 3. The third-order valence-electron chi connectivity index (χ3n) is 13.3. The highest BCUT2D eigenvalue weighted by molar-refractivity contribution is 5.97. The molecule has 4 aromatic carbocycles. The zero-order valence-electron chi connectivity index (χ0n) is 37.9. The van der Waals surface area contributed by atoms with Crippen LogP contribution in [0.25, 0.3) is 0 Å².